The number of urea groups is 1. The number of carbonyl (C=O) groups excluding carboxylic acids is 2. The van der Waals surface area contributed by atoms with E-state index in [-0.39, 0.29) is 24.6 Å². The highest BCUT2D eigenvalue weighted by atomic mass is 32.1. The highest BCUT2D eigenvalue weighted by molar-refractivity contribution is 7.18. The summed E-state index contributed by atoms with van der Waals surface area (Å²) in [6, 6.07) is 26.9. The Morgan fingerprint density at radius 2 is 1.62 bits per heavy atom. The molecule has 1 aliphatic heterocycles. The van der Waals surface area contributed by atoms with E-state index in [0.29, 0.717) is 6.42 Å². The first-order valence-corrected chi connectivity index (χ1v) is 12.1. The average molecular weight is 471 g/mol. The summed E-state index contributed by atoms with van der Waals surface area (Å²) < 4.78 is 1.12. The first kappa shape index (κ1) is 22.3. The topological polar surface area (TPSA) is 65.5 Å². The Hall–Kier alpha value is -3.55. The molecule has 2 heterocycles. The van der Waals surface area contributed by atoms with Crippen LogP contribution in [0.4, 0.5) is 4.79 Å². The maximum Gasteiger partial charge on any atom is 0.326 e. The van der Waals surface area contributed by atoms with Gasteiger partial charge in [0, 0.05) is 6.42 Å². The van der Waals surface area contributed by atoms with Crippen molar-refractivity contribution in [1.82, 2.24) is 20.1 Å². The maximum atomic E-state index is 13.9. The SMILES string of the molecule is C[C@@H](c1nc2ccccc2s1)N(C)CN1C(=O)N[C@](Cc2ccccc2)(c2ccccc2)C1=O. The standard InChI is InChI=1S/C27H26N4O2S/c1-19(24-28-22-15-9-10-16-23(22)34-24)30(2)18-31-25(32)27(29-26(31)33,21-13-7-4-8-14-21)17-20-11-5-3-6-12-20/h3-16,19H,17-18H2,1-2H3,(H,29,33)/t19-,27+/m0/s1. The highest BCUT2D eigenvalue weighted by Crippen LogP contribution is 2.34. The van der Waals surface area contributed by atoms with E-state index in [4.69, 9.17) is 4.98 Å². The lowest BCUT2D eigenvalue weighted by atomic mass is 9.83. The Morgan fingerprint density at radius 1 is 0.971 bits per heavy atom. The summed E-state index contributed by atoms with van der Waals surface area (Å²) in [6.45, 7) is 2.22. The Balaban J connectivity index is 1.42. The third-order valence-electron chi connectivity index (χ3n) is 6.45. The van der Waals surface area contributed by atoms with Crippen molar-refractivity contribution < 1.29 is 9.59 Å². The van der Waals surface area contributed by atoms with Crippen LogP contribution in [-0.2, 0) is 16.8 Å². The van der Waals surface area contributed by atoms with Gasteiger partial charge in [0.2, 0.25) is 0 Å². The minimum atomic E-state index is -1.14. The predicted molar refractivity (Wildman–Crippen MR) is 134 cm³/mol. The maximum absolute atomic E-state index is 13.9. The van der Waals surface area contributed by atoms with Crippen LogP contribution >= 0.6 is 11.3 Å². The summed E-state index contributed by atoms with van der Waals surface area (Å²) in [5.41, 5.74) is 1.59. The van der Waals surface area contributed by atoms with E-state index < -0.39 is 5.54 Å². The zero-order valence-electron chi connectivity index (χ0n) is 19.1. The predicted octanol–water partition coefficient (Wildman–Crippen LogP) is 4.94. The average Bonchev–Trinajstić information content (AvgIpc) is 3.40. The Kier molecular flexibility index (Phi) is 5.89. The number of rotatable bonds is 7. The van der Waals surface area contributed by atoms with Gasteiger partial charge in [-0.15, -0.1) is 11.3 Å². The van der Waals surface area contributed by atoms with Crippen LogP contribution < -0.4 is 5.32 Å². The van der Waals surface area contributed by atoms with Gasteiger partial charge in [0.05, 0.1) is 22.9 Å². The summed E-state index contributed by atoms with van der Waals surface area (Å²) >= 11 is 1.63. The minimum Gasteiger partial charge on any atom is -0.319 e. The zero-order chi connectivity index (χ0) is 23.7. The van der Waals surface area contributed by atoms with Gasteiger partial charge in [-0.3, -0.25) is 9.69 Å². The van der Waals surface area contributed by atoms with Crippen molar-refractivity contribution in [3.8, 4) is 0 Å². The molecular weight excluding hydrogens is 444 g/mol. The second-order valence-corrected chi connectivity index (χ2v) is 9.75. The number of nitrogens with one attached hydrogen (secondary N) is 1. The lowest BCUT2D eigenvalue weighted by molar-refractivity contribution is -0.133. The zero-order valence-corrected chi connectivity index (χ0v) is 20.0. The normalized spacial score (nSPS) is 19.1. The molecule has 0 aliphatic carbocycles. The van der Waals surface area contributed by atoms with Crippen molar-refractivity contribution in [1.29, 1.82) is 0 Å². The van der Waals surface area contributed by atoms with Crippen LogP contribution in [0.25, 0.3) is 10.2 Å². The molecule has 0 bridgehead atoms. The summed E-state index contributed by atoms with van der Waals surface area (Å²) in [4.78, 5) is 35.1. The number of benzene rings is 3. The number of hydrogen-bond acceptors (Lipinski definition) is 5. The first-order chi connectivity index (χ1) is 16.5. The summed E-state index contributed by atoms with van der Waals surface area (Å²) in [5.74, 6) is -0.240. The van der Waals surface area contributed by atoms with Crippen molar-refractivity contribution in [3.63, 3.8) is 0 Å². The van der Waals surface area contributed by atoms with Gasteiger partial charge < -0.3 is 5.32 Å². The molecule has 1 fully saturated rings. The monoisotopic (exact) mass is 470 g/mol. The van der Waals surface area contributed by atoms with Crippen LogP contribution in [0.1, 0.15) is 29.1 Å². The van der Waals surface area contributed by atoms with Crippen molar-refractivity contribution >= 4 is 33.5 Å². The van der Waals surface area contributed by atoms with Gasteiger partial charge in [-0.1, -0.05) is 72.8 Å². The molecule has 172 valence electrons. The van der Waals surface area contributed by atoms with E-state index in [1.165, 1.54) is 4.90 Å². The third kappa shape index (κ3) is 3.97. The van der Waals surface area contributed by atoms with Gasteiger partial charge >= 0.3 is 6.03 Å². The van der Waals surface area contributed by atoms with E-state index in [9.17, 15) is 9.59 Å². The minimum absolute atomic E-state index is 0.0566. The second-order valence-electron chi connectivity index (χ2n) is 8.69. The van der Waals surface area contributed by atoms with Gasteiger partial charge in [0.15, 0.2) is 5.54 Å². The van der Waals surface area contributed by atoms with Gasteiger partial charge in [-0.25, -0.2) is 14.7 Å². The summed E-state index contributed by atoms with van der Waals surface area (Å²) in [7, 11) is 1.91. The molecule has 5 rings (SSSR count). The van der Waals surface area contributed by atoms with E-state index in [1.807, 2.05) is 97.7 Å². The van der Waals surface area contributed by atoms with E-state index >= 15 is 0 Å². The van der Waals surface area contributed by atoms with Crippen molar-refractivity contribution in [2.75, 3.05) is 13.7 Å². The molecule has 3 amide bonds. The molecule has 6 nitrogen and oxygen atoms in total. The second kappa shape index (κ2) is 9.00. The fourth-order valence-electron chi connectivity index (χ4n) is 4.40. The molecule has 3 aromatic carbocycles. The number of hydrogen-bond donors (Lipinski definition) is 1. The molecule has 0 spiro atoms. The van der Waals surface area contributed by atoms with Gasteiger partial charge in [0.25, 0.3) is 5.91 Å². The number of imide groups is 1. The molecule has 4 aromatic rings. The number of carbonyl (C=O) groups is 2. The number of fused-ring (bicyclic) bond motifs is 1. The van der Waals surface area contributed by atoms with Gasteiger partial charge in [-0.05, 0) is 37.2 Å². The lowest BCUT2D eigenvalue weighted by Gasteiger charge is -2.29. The molecule has 0 radical (unpaired) electrons. The third-order valence-corrected chi connectivity index (χ3v) is 7.65. The molecule has 34 heavy (non-hydrogen) atoms. The van der Waals surface area contributed by atoms with E-state index in [1.54, 1.807) is 11.3 Å². The fourth-order valence-corrected chi connectivity index (χ4v) is 5.48. The van der Waals surface area contributed by atoms with E-state index in [0.717, 1.165) is 26.4 Å². The Morgan fingerprint density at radius 3 is 2.32 bits per heavy atom. The van der Waals surface area contributed by atoms with Crippen LogP contribution in [0.5, 0.6) is 0 Å². The van der Waals surface area contributed by atoms with Crippen LogP contribution in [0.2, 0.25) is 0 Å². The highest BCUT2D eigenvalue weighted by Gasteiger charge is 2.52. The van der Waals surface area contributed by atoms with Gasteiger partial charge in [0.1, 0.15) is 5.01 Å². The number of amides is 3. The molecule has 1 aromatic heterocycles. The Bertz CT molecular complexity index is 1290. The number of aromatic nitrogens is 1. The molecule has 7 heteroatoms. The molecule has 2 atom stereocenters. The number of thiazole rings is 1. The van der Waals surface area contributed by atoms with E-state index in [2.05, 4.69) is 11.4 Å². The quantitative estimate of drug-likeness (QED) is 0.389. The number of nitrogens with zero attached hydrogens (tertiary/aromatic N) is 3. The molecule has 1 saturated heterocycles. The van der Waals surface area contributed by atoms with Crippen molar-refractivity contribution in [2.24, 2.45) is 0 Å². The fraction of sp³-hybridized carbons (Fsp3) is 0.222. The molecule has 1 aliphatic rings. The largest absolute Gasteiger partial charge is 0.326 e. The van der Waals surface area contributed by atoms with Crippen LogP contribution in [0, 0.1) is 0 Å². The van der Waals surface area contributed by atoms with Crippen molar-refractivity contribution in [2.45, 2.75) is 24.9 Å². The molecule has 0 saturated carbocycles. The van der Waals surface area contributed by atoms with Crippen LogP contribution in [-0.4, -0.2) is 40.4 Å². The first-order valence-electron chi connectivity index (χ1n) is 11.3. The number of para-hydroxylation sites is 1. The lowest BCUT2D eigenvalue weighted by Crippen LogP contribution is -2.47. The molecule has 0 unspecified atom stereocenters. The summed E-state index contributed by atoms with van der Waals surface area (Å²) in [5, 5.41) is 3.99. The Labute approximate surface area is 202 Å². The van der Waals surface area contributed by atoms with Crippen LogP contribution in [0.3, 0.4) is 0 Å². The summed E-state index contributed by atoms with van der Waals surface area (Å²) in [6.07, 6.45) is 0.385. The molecular formula is C27H26N4O2S. The molecule has 1 N–H and O–H groups in total. The smallest absolute Gasteiger partial charge is 0.319 e. The van der Waals surface area contributed by atoms with Crippen LogP contribution in [0.15, 0.2) is 84.9 Å². The van der Waals surface area contributed by atoms with Gasteiger partial charge in [-0.2, -0.15) is 0 Å². The van der Waals surface area contributed by atoms with Crippen molar-refractivity contribution in [3.05, 3.63) is 101 Å².